The van der Waals surface area contributed by atoms with Crippen molar-refractivity contribution in [2.45, 2.75) is 13.3 Å². The number of aromatic nitrogens is 5. The molecule has 4 rings (SSSR count). The topological polar surface area (TPSA) is 111 Å². The summed E-state index contributed by atoms with van der Waals surface area (Å²) in [6, 6.07) is 10.2. The highest BCUT2D eigenvalue weighted by Crippen LogP contribution is 2.21. The minimum atomic E-state index is -0.281. The highest BCUT2D eigenvalue weighted by molar-refractivity contribution is 6.31. The average Bonchev–Trinajstić information content (AvgIpc) is 3.11. The fourth-order valence-electron chi connectivity index (χ4n) is 2.89. The molecule has 0 saturated carbocycles. The summed E-state index contributed by atoms with van der Waals surface area (Å²) in [5, 5.41) is 17.8. The van der Waals surface area contributed by atoms with Crippen LogP contribution in [-0.2, 0) is 0 Å². The van der Waals surface area contributed by atoms with Gasteiger partial charge in [-0.15, -0.1) is 0 Å². The lowest BCUT2D eigenvalue weighted by molar-refractivity contribution is -0.605. The second-order valence-corrected chi connectivity index (χ2v) is 7.08. The van der Waals surface area contributed by atoms with Gasteiger partial charge in [0, 0.05) is 35.3 Å². The minimum Gasteiger partial charge on any atom is -0.619 e. The standard InChI is InChI=1S/C20H19ClN6O3/c1-13-11-15(3-4-16(13)21)30-10-2-7-22-20-24-19(14-5-8-26(29)9-6-14)23-17-12-18(28)25-27(17)20/h3-6,8-9,11-12H,2,7,10H2,1H3,(H,25,28)(H,22,23,24). The molecule has 0 amide bonds. The molecule has 0 spiro atoms. The van der Waals surface area contributed by atoms with Gasteiger partial charge in [-0.3, -0.25) is 9.89 Å². The molecule has 1 aromatic carbocycles. The van der Waals surface area contributed by atoms with E-state index in [0.29, 0.717) is 52.3 Å². The molecule has 2 N–H and O–H groups in total. The van der Waals surface area contributed by atoms with Crippen LogP contribution in [0.5, 0.6) is 5.75 Å². The van der Waals surface area contributed by atoms with E-state index < -0.39 is 0 Å². The van der Waals surface area contributed by atoms with Gasteiger partial charge in [0.05, 0.1) is 6.61 Å². The molecule has 0 bridgehead atoms. The van der Waals surface area contributed by atoms with Crippen LogP contribution in [0.2, 0.25) is 5.02 Å². The number of aromatic amines is 1. The third-order valence-corrected chi connectivity index (χ3v) is 4.84. The van der Waals surface area contributed by atoms with Gasteiger partial charge in [0.2, 0.25) is 5.95 Å². The number of aryl methyl sites for hydroxylation is 1. The van der Waals surface area contributed by atoms with E-state index in [0.717, 1.165) is 11.3 Å². The van der Waals surface area contributed by atoms with Gasteiger partial charge in [-0.25, -0.2) is 9.50 Å². The van der Waals surface area contributed by atoms with Crippen LogP contribution in [0, 0.1) is 12.1 Å². The van der Waals surface area contributed by atoms with E-state index >= 15 is 0 Å². The van der Waals surface area contributed by atoms with Crippen molar-refractivity contribution >= 4 is 23.2 Å². The smallest absolute Gasteiger partial charge is 0.266 e. The highest BCUT2D eigenvalue weighted by Gasteiger charge is 2.11. The first kappa shape index (κ1) is 19.7. The lowest BCUT2D eigenvalue weighted by atomic mass is 10.2. The molecule has 3 heterocycles. The predicted molar refractivity (Wildman–Crippen MR) is 113 cm³/mol. The molecule has 0 saturated heterocycles. The summed E-state index contributed by atoms with van der Waals surface area (Å²) >= 11 is 6.02. The maximum atomic E-state index is 11.8. The van der Waals surface area contributed by atoms with Gasteiger partial charge in [-0.05, 0) is 37.1 Å². The Morgan fingerprint density at radius 2 is 2.03 bits per heavy atom. The zero-order valence-corrected chi connectivity index (χ0v) is 16.9. The number of nitrogens with zero attached hydrogens (tertiary/aromatic N) is 4. The summed E-state index contributed by atoms with van der Waals surface area (Å²) in [4.78, 5) is 20.7. The first-order chi connectivity index (χ1) is 14.5. The van der Waals surface area contributed by atoms with Gasteiger partial charge in [0.25, 0.3) is 5.56 Å². The van der Waals surface area contributed by atoms with Crippen LogP contribution in [0.4, 0.5) is 5.95 Å². The largest absolute Gasteiger partial charge is 0.619 e. The van der Waals surface area contributed by atoms with Gasteiger partial charge in [-0.1, -0.05) is 11.6 Å². The second kappa shape index (κ2) is 8.42. The Morgan fingerprint density at radius 3 is 2.80 bits per heavy atom. The molecule has 10 heteroatoms. The zero-order chi connectivity index (χ0) is 21.1. The number of halogens is 1. The quantitative estimate of drug-likeness (QED) is 0.267. The summed E-state index contributed by atoms with van der Waals surface area (Å²) in [6.07, 6.45) is 3.44. The molecule has 0 unspecified atom stereocenters. The van der Waals surface area contributed by atoms with Crippen LogP contribution in [0.1, 0.15) is 12.0 Å². The first-order valence-electron chi connectivity index (χ1n) is 9.31. The molecule has 4 aromatic rings. The van der Waals surface area contributed by atoms with Crippen molar-refractivity contribution in [2.24, 2.45) is 0 Å². The van der Waals surface area contributed by atoms with E-state index in [9.17, 15) is 10.0 Å². The van der Waals surface area contributed by atoms with Crippen molar-refractivity contribution < 1.29 is 9.47 Å². The van der Waals surface area contributed by atoms with E-state index in [1.807, 2.05) is 25.1 Å². The molecule has 0 atom stereocenters. The highest BCUT2D eigenvalue weighted by atomic mass is 35.5. The summed E-state index contributed by atoms with van der Waals surface area (Å²) in [6.45, 7) is 2.99. The molecular formula is C20H19ClN6O3. The third kappa shape index (κ3) is 4.36. The van der Waals surface area contributed by atoms with E-state index in [-0.39, 0.29) is 5.56 Å². The Hall–Kier alpha value is -3.59. The van der Waals surface area contributed by atoms with Crippen LogP contribution in [0.25, 0.3) is 17.0 Å². The van der Waals surface area contributed by atoms with E-state index in [4.69, 9.17) is 16.3 Å². The number of hydrogen-bond donors (Lipinski definition) is 2. The summed E-state index contributed by atoms with van der Waals surface area (Å²) in [5.41, 5.74) is 1.78. The molecule has 0 aliphatic rings. The van der Waals surface area contributed by atoms with E-state index in [1.54, 1.807) is 12.1 Å². The molecule has 9 nitrogen and oxygen atoms in total. The molecule has 0 fully saturated rings. The maximum Gasteiger partial charge on any atom is 0.266 e. The minimum absolute atomic E-state index is 0.281. The van der Waals surface area contributed by atoms with Crippen molar-refractivity contribution in [3.8, 4) is 17.1 Å². The Kier molecular flexibility index (Phi) is 5.53. The number of rotatable bonds is 7. The number of benzene rings is 1. The number of hydrogen-bond acceptors (Lipinski definition) is 6. The lowest BCUT2D eigenvalue weighted by Gasteiger charge is -2.11. The van der Waals surface area contributed by atoms with Crippen molar-refractivity contribution in [3.63, 3.8) is 0 Å². The second-order valence-electron chi connectivity index (χ2n) is 6.67. The molecular weight excluding hydrogens is 408 g/mol. The molecule has 0 aliphatic carbocycles. The van der Waals surface area contributed by atoms with Crippen LogP contribution < -0.4 is 20.3 Å². The maximum absolute atomic E-state index is 11.8. The predicted octanol–water partition coefficient (Wildman–Crippen LogP) is 2.56. The molecule has 3 aromatic heterocycles. The Labute approximate surface area is 176 Å². The van der Waals surface area contributed by atoms with Gasteiger partial charge in [0.15, 0.2) is 23.9 Å². The number of anilines is 1. The van der Waals surface area contributed by atoms with Gasteiger partial charge in [-0.2, -0.15) is 9.71 Å². The number of ether oxygens (including phenoxy) is 1. The SMILES string of the molecule is Cc1cc(OCCCNc2nc(-c3cc[n+]([O-])cc3)nc3cc(=O)[nH]n23)ccc1Cl. The Morgan fingerprint density at radius 1 is 1.23 bits per heavy atom. The summed E-state index contributed by atoms with van der Waals surface area (Å²) in [5.74, 6) is 1.61. The molecule has 0 aliphatic heterocycles. The Balaban J connectivity index is 1.45. The van der Waals surface area contributed by atoms with Gasteiger partial charge < -0.3 is 15.3 Å². The normalized spacial score (nSPS) is 11.0. The van der Waals surface area contributed by atoms with Gasteiger partial charge in [0.1, 0.15) is 5.75 Å². The Bertz CT molecular complexity index is 1240. The first-order valence-corrected chi connectivity index (χ1v) is 9.69. The molecule has 0 radical (unpaired) electrons. The van der Waals surface area contributed by atoms with E-state index in [2.05, 4.69) is 20.4 Å². The molecule has 30 heavy (non-hydrogen) atoms. The van der Waals surface area contributed by atoms with Gasteiger partial charge >= 0.3 is 0 Å². The van der Waals surface area contributed by atoms with Crippen LogP contribution in [0.3, 0.4) is 0 Å². The molecule has 154 valence electrons. The third-order valence-electron chi connectivity index (χ3n) is 4.42. The van der Waals surface area contributed by atoms with E-state index in [1.165, 1.54) is 23.0 Å². The van der Waals surface area contributed by atoms with Crippen molar-refractivity contribution in [1.29, 1.82) is 0 Å². The van der Waals surface area contributed by atoms with Crippen molar-refractivity contribution in [3.05, 3.63) is 74.9 Å². The zero-order valence-electron chi connectivity index (χ0n) is 16.1. The fraction of sp³-hybridized carbons (Fsp3) is 0.200. The summed E-state index contributed by atoms with van der Waals surface area (Å²) < 4.78 is 7.92. The average molecular weight is 427 g/mol. The summed E-state index contributed by atoms with van der Waals surface area (Å²) in [7, 11) is 0. The number of pyridine rings is 1. The number of nitrogens with one attached hydrogen (secondary N) is 2. The van der Waals surface area contributed by atoms with Crippen LogP contribution >= 0.6 is 11.6 Å². The number of H-pyrrole nitrogens is 1. The lowest BCUT2D eigenvalue weighted by Crippen LogP contribution is -2.23. The van der Waals surface area contributed by atoms with Crippen LogP contribution in [0.15, 0.2) is 53.6 Å². The van der Waals surface area contributed by atoms with Crippen molar-refractivity contribution in [2.75, 3.05) is 18.5 Å². The fourth-order valence-corrected chi connectivity index (χ4v) is 3.01. The van der Waals surface area contributed by atoms with Crippen molar-refractivity contribution in [1.82, 2.24) is 19.6 Å². The number of fused-ring (bicyclic) bond motifs is 1. The monoisotopic (exact) mass is 426 g/mol. The van der Waals surface area contributed by atoms with Crippen LogP contribution in [-0.4, -0.2) is 32.7 Å².